The molecule has 0 radical (unpaired) electrons. The van der Waals surface area contributed by atoms with Crippen molar-refractivity contribution in [2.24, 2.45) is 0 Å². The first-order chi connectivity index (χ1) is 9.53. The first-order valence-corrected chi connectivity index (χ1v) is 7.17. The number of sulfonamides is 1. The number of carbonyl (C=O) groups excluding carboxylic acids is 1. The van der Waals surface area contributed by atoms with Gasteiger partial charge in [0.15, 0.2) is 0 Å². The van der Waals surface area contributed by atoms with Crippen molar-refractivity contribution in [3.8, 4) is 0 Å². The van der Waals surface area contributed by atoms with E-state index in [-0.39, 0.29) is 11.4 Å². The van der Waals surface area contributed by atoms with Gasteiger partial charge < -0.3 is 4.74 Å². The molecular weight excluding hydrogens is 282 g/mol. The number of hydrogen-bond donors (Lipinski definition) is 2. The zero-order valence-corrected chi connectivity index (χ0v) is 11.5. The number of aromatic amines is 1. The van der Waals surface area contributed by atoms with E-state index >= 15 is 0 Å². The third-order valence-electron chi connectivity index (χ3n) is 2.61. The minimum atomic E-state index is -3.63. The Bertz CT molecular complexity index is 678. The van der Waals surface area contributed by atoms with Crippen LogP contribution in [-0.4, -0.2) is 31.7 Å². The van der Waals surface area contributed by atoms with Crippen molar-refractivity contribution in [1.29, 1.82) is 0 Å². The summed E-state index contributed by atoms with van der Waals surface area (Å²) >= 11 is 0. The van der Waals surface area contributed by atoms with Crippen LogP contribution >= 0.6 is 0 Å². The number of nitrogens with zero attached hydrogens (tertiary/aromatic N) is 1. The van der Waals surface area contributed by atoms with Gasteiger partial charge in [0, 0.05) is 18.3 Å². The molecule has 0 saturated heterocycles. The van der Waals surface area contributed by atoms with E-state index in [9.17, 15) is 13.2 Å². The Kier molecular flexibility index (Phi) is 4.16. The third kappa shape index (κ3) is 3.22. The number of esters is 1. The molecule has 1 aromatic heterocycles. The van der Waals surface area contributed by atoms with Crippen LogP contribution in [-0.2, 0) is 21.3 Å². The standard InChI is InChI=1S/C12H13N3O4S/c1-19-12(16)10-2-4-11(5-3-10)20(17,18)15-8-9-6-13-14-7-9/h2-7,15H,8H2,1H3,(H,13,14). The van der Waals surface area contributed by atoms with Crippen molar-refractivity contribution >= 4 is 16.0 Å². The first kappa shape index (κ1) is 14.2. The second-order valence-electron chi connectivity index (χ2n) is 3.95. The van der Waals surface area contributed by atoms with Crippen molar-refractivity contribution in [3.63, 3.8) is 0 Å². The number of benzene rings is 1. The normalized spacial score (nSPS) is 11.2. The van der Waals surface area contributed by atoms with Gasteiger partial charge in [-0.05, 0) is 24.3 Å². The van der Waals surface area contributed by atoms with Crippen molar-refractivity contribution in [2.75, 3.05) is 7.11 Å². The fourth-order valence-electron chi connectivity index (χ4n) is 1.52. The molecule has 0 fully saturated rings. The Hall–Kier alpha value is -2.19. The Morgan fingerprint density at radius 2 is 2.05 bits per heavy atom. The average Bonchev–Trinajstić information content (AvgIpc) is 2.98. The van der Waals surface area contributed by atoms with Gasteiger partial charge in [0.25, 0.3) is 0 Å². The van der Waals surface area contributed by atoms with Gasteiger partial charge in [0.2, 0.25) is 10.0 Å². The van der Waals surface area contributed by atoms with Gasteiger partial charge in [0.1, 0.15) is 0 Å². The monoisotopic (exact) mass is 295 g/mol. The number of rotatable bonds is 5. The van der Waals surface area contributed by atoms with Crippen molar-refractivity contribution in [3.05, 3.63) is 47.8 Å². The molecule has 0 spiro atoms. The Morgan fingerprint density at radius 3 is 2.60 bits per heavy atom. The highest BCUT2D eigenvalue weighted by molar-refractivity contribution is 7.89. The molecule has 0 bridgehead atoms. The predicted molar refractivity (Wildman–Crippen MR) is 70.4 cm³/mol. The van der Waals surface area contributed by atoms with E-state index in [1.165, 1.54) is 37.6 Å². The zero-order chi connectivity index (χ0) is 14.6. The number of methoxy groups -OCH3 is 1. The van der Waals surface area contributed by atoms with Crippen molar-refractivity contribution in [2.45, 2.75) is 11.4 Å². The summed E-state index contributed by atoms with van der Waals surface area (Å²) in [7, 11) is -2.37. The molecule has 0 aliphatic carbocycles. The minimum absolute atomic E-state index is 0.0775. The summed E-state index contributed by atoms with van der Waals surface area (Å²) in [5.41, 5.74) is 1.01. The third-order valence-corrected chi connectivity index (χ3v) is 4.02. The molecule has 0 atom stereocenters. The average molecular weight is 295 g/mol. The van der Waals surface area contributed by atoms with Crippen LogP contribution in [0.4, 0.5) is 0 Å². The summed E-state index contributed by atoms with van der Waals surface area (Å²) in [6.07, 6.45) is 3.13. The highest BCUT2D eigenvalue weighted by Crippen LogP contribution is 2.11. The molecule has 2 aromatic rings. The molecule has 0 aliphatic heterocycles. The van der Waals surface area contributed by atoms with E-state index < -0.39 is 16.0 Å². The van der Waals surface area contributed by atoms with Gasteiger partial charge in [-0.15, -0.1) is 0 Å². The summed E-state index contributed by atoms with van der Waals surface area (Å²) in [6, 6.07) is 5.50. The van der Waals surface area contributed by atoms with E-state index in [1.54, 1.807) is 6.20 Å². The molecular formula is C12H13N3O4S. The molecule has 0 unspecified atom stereocenters. The molecule has 2 N–H and O–H groups in total. The van der Waals surface area contributed by atoms with Gasteiger partial charge in [-0.3, -0.25) is 5.10 Å². The Labute approximate surface area is 116 Å². The fraction of sp³-hybridized carbons (Fsp3) is 0.167. The molecule has 0 saturated carbocycles. The van der Waals surface area contributed by atoms with E-state index in [0.717, 1.165) is 5.56 Å². The smallest absolute Gasteiger partial charge is 0.337 e. The van der Waals surface area contributed by atoms with Crippen LogP contribution in [0.15, 0.2) is 41.6 Å². The van der Waals surface area contributed by atoms with Crippen molar-refractivity contribution < 1.29 is 17.9 Å². The maximum atomic E-state index is 12.0. The van der Waals surface area contributed by atoms with Crippen LogP contribution in [0.5, 0.6) is 0 Å². The molecule has 0 amide bonds. The summed E-state index contributed by atoms with van der Waals surface area (Å²) < 4.78 is 31.0. The maximum absolute atomic E-state index is 12.0. The number of H-pyrrole nitrogens is 1. The first-order valence-electron chi connectivity index (χ1n) is 5.68. The summed E-state index contributed by atoms with van der Waals surface area (Å²) in [5, 5.41) is 6.32. The zero-order valence-electron chi connectivity index (χ0n) is 10.7. The largest absolute Gasteiger partial charge is 0.465 e. The molecule has 7 nitrogen and oxygen atoms in total. The van der Waals surface area contributed by atoms with E-state index in [2.05, 4.69) is 19.7 Å². The van der Waals surface area contributed by atoms with Crippen LogP contribution < -0.4 is 4.72 Å². The highest BCUT2D eigenvalue weighted by Gasteiger charge is 2.15. The number of hydrogen-bond acceptors (Lipinski definition) is 5. The van der Waals surface area contributed by atoms with Crippen LogP contribution in [0, 0.1) is 0 Å². The number of aromatic nitrogens is 2. The van der Waals surface area contributed by atoms with E-state index in [1.807, 2.05) is 0 Å². The lowest BCUT2D eigenvalue weighted by Gasteiger charge is -2.06. The second-order valence-corrected chi connectivity index (χ2v) is 5.71. The van der Waals surface area contributed by atoms with Gasteiger partial charge >= 0.3 is 5.97 Å². The molecule has 106 valence electrons. The Morgan fingerprint density at radius 1 is 1.35 bits per heavy atom. The maximum Gasteiger partial charge on any atom is 0.337 e. The second kappa shape index (κ2) is 5.85. The molecule has 2 rings (SSSR count). The summed E-state index contributed by atoms with van der Waals surface area (Å²) in [5.74, 6) is -0.514. The van der Waals surface area contributed by atoms with Crippen LogP contribution in [0.1, 0.15) is 15.9 Å². The van der Waals surface area contributed by atoms with E-state index in [4.69, 9.17) is 0 Å². The number of nitrogens with one attached hydrogen (secondary N) is 2. The fourth-order valence-corrected chi connectivity index (χ4v) is 2.54. The van der Waals surface area contributed by atoms with Crippen LogP contribution in [0.2, 0.25) is 0 Å². The SMILES string of the molecule is COC(=O)c1ccc(S(=O)(=O)NCc2cn[nH]c2)cc1. The van der Waals surface area contributed by atoms with Crippen LogP contribution in [0.3, 0.4) is 0 Å². The number of carbonyl (C=O) groups is 1. The molecule has 0 aliphatic rings. The van der Waals surface area contributed by atoms with Crippen molar-refractivity contribution in [1.82, 2.24) is 14.9 Å². The summed E-state index contributed by atoms with van der Waals surface area (Å²) in [6.45, 7) is 0.136. The van der Waals surface area contributed by atoms with Crippen LogP contribution in [0.25, 0.3) is 0 Å². The molecule has 20 heavy (non-hydrogen) atoms. The lowest BCUT2D eigenvalue weighted by Crippen LogP contribution is -2.23. The van der Waals surface area contributed by atoms with Gasteiger partial charge in [0.05, 0.1) is 23.8 Å². The lowest BCUT2D eigenvalue weighted by atomic mass is 10.2. The van der Waals surface area contributed by atoms with Gasteiger partial charge in [-0.25, -0.2) is 17.9 Å². The highest BCUT2D eigenvalue weighted by atomic mass is 32.2. The summed E-state index contributed by atoms with van der Waals surface area (Å²) in [4.78, 5) is 11.3. The predicted octanol–water partition coefficient (Wildman–Crippen LogP) is 0.675. The molecule has 8 heteroatoms. The topological polar surface area (TPSA) is 101 Å². The molecule has 1 aromatic carbocycles. The lowest BCUT2D eigenvalue weighted by molar-refractivity contribution is 0.0600. The Balaban J connectivity index is 2.11. The number of ether oxygens (including phenoxy) is 1. The quantitative estimate of drug-likeness (QED) is 0.790. The van der Waals surface area contributed by atoms with Gasteiger partial charge in [-0.2, -0.15) is 5.10 Å². The van der Waals surface area contributed by atoms with E-state index in [0.29, 0.717) is 5.56 Å². The molecule has 1 heterocycles. The minimum Gasteiger partial charge on any atom is -0.465 e. The van der Waals surface area contributed by atoms with Gasteiger partial charge in [-0.1, -0.05) is 0 Å².